The lowest BCUT2D eigenvalue weighted by Crippen LogP contribution is -2.33. The largest absolute Gasteiger partial charge is 0.491 e. The maximum atomic E-state index is 13.2. The van der Waals surface area contributed by atoms with Crippen molar-refractivity contribution in [3.05, 3.63) is 81.1 Å². The summed E-state index contributed by atoms with van der Waals surface area (Å²) < 4.78 is 7.79. The molecular formula is C25H27N3O3S. The summed E-state index contributed by atoms with van der Waals surface area (Å²) in [7, 11) is 1.84. The smallest absolute Gasteiger partial charge is 0.279 e. The topological polar surface area (TPSA) is 73.2 Å². The van der Waals surface area contributed by atoms with E-state index in [1.54, 1.807) is 0 Å². The number of hydrogen-bond acceptors (Lipinski definition) is 5. The van der Waals surface area contributed by atoms with E-state index in [0.29, 0.717) is 28.0 Å². The van der Waals surface area contributed by atoms with Gasteiger partial charge < -0.3 is 14.6 Å². The van der Waals surface area contributed by atoms with Gasteiger partial charge in [-0.15, -0.1) is 0 Å². The quantitative estimate of drug-likeness (QED) is 0.438. The Hall–Kier alpha value is -3.06. The van der Waals surface area contributed by atoms with Crippen LogP contribution in [-0.2, 0) is 17.6 Å². The van der Waals surface area contributed by atoms with Gasteiger partial charge in [0.2, 0.25) is 5.91 Å². The fraction of sp³-hybridized carbons (Fsp3) is 0.320. The average Bonchev–Trinajstić information content (AvgIpc) is 2.75. The molecule has 0 radical (unpaired) electrons. The van der Waals surface area contributed by atoms with Crippen molar-refractivity contribution in [3.8, 4) is 5.75 Å². The number of benzene rings is 2. The number of nitrogens with one attached hydrogen (secondary N) is 1. The highest BCUT2D eigenvalue weighted by atomic mass is 32.2. The number of amides is 1. The molecule has 0 spiro atoms. The lowest BCUT2D eigenvalue weighted by molar-refractivity contribution is -0.116. The standard InChI is InChI=1S/C25H27N3O3S/c1-15(2)31-20-12-8-7-11-18(20)19-13-21(29)26-23-22(19)24(30)27-25(28(23)4)32-14-17-10-6-5-9-16(17)3/h5-12,15,19H,13-14H2,1-4H3,(H,26,29)/t19-/m0/s1. The number of carbonyl (C=O) groups is 1. The van der Waals surface area contributed by atoms with Crippen molar-refractivity contribution in [3.63, 3.8) is 0 Å². The van der Waals surface area contributed by atoms with Gasteiger partial charge in [0.25, 0.3) is 5.56 Å². The first-order chi connectivity index (χ1) is 15.3. The predicted molar refractivity (Wildman–Crippen MR) is 128 cm³/mol. The first kappa shape index (κ1) is 22.1. The van der Waals surface area contributed by atoms with Crippen LogP contribution in [0.4, 0.5) is 5.82 Å². The highest BCUT2D eigenvalue weighted by Gasteiger charge is 2.33. The van der Waals surface area contributed by atoms with Crippen LogP contribution in [0.2, 0.25) is 0 Å². The van der Waals surface area contributed by atoms with E-state index in [9.17, 15) is 9.59 Å². The van der Waals surface area contributed by atoms with Crippen molar-refractivity contribution in [2.24, 2.45) is 7.05 Å². The highest BCUT2D eigenvalue weighted by molar-refractivity contribution is 7.98. The van der Waals surface area contributed by atoms with E-state index in [2.05, 4.69) is 29.4 Å². The van der Waals surface area contributed by atoms with Crippen LogP contribution in [0, 0.1) is 6.92 Å². The minimum Gasteiger partial charge on any atom is -0.491 e. The summed E-state index contributed by atoms with van der Waals surface area (Å²) in [5.74, 6) is 1.35. The van der Waals surface area contributed by atoms with Crippen LogP contribution in [0.5, 0.6) is 5.75 Å². The molecule has 3 aromatic rings. The molecule has 2 heterocycles. The number of nitrogens with zero attached hydrogens (tertiary/aromatic N) is 2. The number of thioether (sulfide) groups is 1. The molecule has 0 bridgehead atoms. The second-order valence-corrected chi connectivity index (χ2v) is 9.19. The zero-order valence-electron chi connectivity index (χ0n) is 18.7. The molecule has 4 rings (SSSR count). The third-order valence-corrected chi connectivity index (χ3v) is 6.65. The zero-order valence-corrected chi connectivity index (χ0v) is 19.5. The number of carbonyl (C=O) groups excluding carboxylic acids is 1. The normalized spacial score (nSPS) is 15.4. The van der Waals surface area contributed by atoms with E-state index in [-0.39, 0.29) is 24.0 Å². The number of ether oxygens (including phenoxy) is 1. The van der Waals surface area contributed by atoms with E-state index in [4.69, 9.17) is 4.74 Å². The van der Waals surface area contributed by atoms with Gasteiger partial charge in [0.15, 0.2) is 5.16 Å². The molecule has 0 fully saturated rings. The number of anilines is 1. The molecule has 1 aromatic heterocycles. The van der Waals surface area contributed by atoms with Gasteiger partial charge in [-0.3, -0.25) is 9.59 Å². The summed E-state index contributed by atoms with van der Waals surface area (Å²) in [5, 5.41) is 3.48. The molecule has 1 aliphatic heterocycles. The van der Waals surface area contributed by atoms with Gasteiger partial charge in [-0.25, -0.2) is 0 Å². The molecule has 6 nitrogen and oxygen atoms in total. The summed E-state index contributed by atoms with van der Waals surface area (Å²) in [4.78, 5) is 30.3. The van der Waals surface area contributed by atoms with Crippen LogP contribution < -0.4 is 15.6 Å². The van der Waals surface area contributed by atoms with Crippen molar-refractivity contribution < 1.29 is 9.53 Å². The number of aromatic nitrogens is 2. The Kier molecular flexibility index (Phi) is 6.37. The Morgan fingerprint density at radius 1 is 1.16 bits per heavy atom. The summed E-state index contributed by atoms with van der Waals surface area (Å²) >= 11 is 1.49. The lowest BCUT2D eigenvalue weighted by atomic mass is 9.86. The van der Waals surface area contributed by atoms with Crippen LogP contribution >= 0.6 is 11.8 Å². The molecule has 7 heteroatoms. The monoisotopic (exact) mass is 449 g/mol. The third kappa shape index (κ3) is 4.43. The predicted octanol–water partition coefficient (Wildman–Crippen LogP) is 4.64. The van der Waals surface area contributed by atoms with E-state index in [1.807, 2.05) is 61.9 Å². The molecular weight excluding hydrogens is 422 g/mol. The van der Waals surface area contributed by atoms with Crippen LogP contribution in [0.1, 0.15) is 48.4 Å². The molecule has 0 unspecified atom stereocenters. The first-order valence-electron chi connectivity index (χ1n) is 10.7. The van der Waals surface area contributed by atoms with Gasteiger partial charge in [-0.2, -0.15) is 4.98 Å². The minimum atomic E-state index is -0.407. The summed E-state index contributed by atoms with van der Waals surface area (Å²) in [6.07, 6.45) is 0.159. The Labute approximate surface area is 192 Å². The molecule has 1 atom stereocenters. The summed E-state index contributed by atoms with van der Waals surface area (Å²) in [6.45, 7) is 5.98. The van der Waals surface area contributed by atoms with Gasteiger partial charge in [0.1, 0.15) is 11.6 Å². The van der Waals surface area contributed by atoms with Gasteiger partial charge in [0, 0.05) is 30.7 Å². The summed E-state index contributed by atoms with van der Waals surface area (Å²) in [6, 6.07) is 15.7. The van der Waals surface area contributed by atoms with Crippen molar-refractivity contribution in [2.75, 3.05) is 5.32 Å². The molecule has 1 aliphatic rings. The van der Waals surface area contributed by atoms with Crippen LogP contribution in [0.15, 0.2) is 58.5 Å². The molecule has 166 valence electrons. The number of aryl methyl sites for hydroxylation is 1. The molecule has 1 N–H and O–H groups in total. The molecule has 0 saturated heterocycles. The molecule has 1 amide bonds. The molecule has 0 saturated carbocycles. The maximum absolute atomic E-state index is 13.2. The Balaban J connectivity index is 1.74. The average molecular weight is 450 g/mol. The van der Waals surface area contributed by atoms with E-state index in [0.717, 1.165) is 5.56 Å². The summed E-state index contributed by atoms with van der Waals surface area (Å²) in [5.41, 5.74) is 3.41. The zero-order chi connectivity index (χ0) is 22.8. The van der Waals surface area contributed by atoms with Crippen LogP contribution in [0.3, 0.4) is 0 Å². The van der Waals surface area contributed by atoms with Crippen molar-refractivity contribution in [1.82, 2.24) is 9.55 Å². The molecule has 32 heavy (non-hydrogen) atoms. The van der Waals surface area contributed by atoms with Gasteiger partial charge in [-0.05, 0) is 38.0 Å². The van der Waals surface area contributed by atoms with E-state index in [1.165, 1.54) is 22.9 Å². The van der Waals surface area contributed by atoms with Crippen molar-refractivity contribution in [2.45, 2.75) is 50.1 Å². The Morgan fingerprint density at radius 2 is 1.88 bits per heavy atom. The number of hydrogen-bond donors (Lipinski definition) is 1. The van der Waals surface area contributed by atoms with Gasteiger partial charge in [-0.1, -0.05) is 54.2 Å². The second kappa shape index (κ2) is 9.20. The lowest BCUT2D eigenvalue weighted by Gasteiger charge is -2.28. The van der Waals surface area contributed by atoms with Gasteiger partial charge in [0.05, 0.1) is 11.7 Å². The fourth-order valence-electron chi connectivity index (χ4n) is 3.97. The minimum absolute atomic E-state index is 0.0192. The number of para-hydroxylation sites is 1. The van der Waals surface area contributed by atoms with E-state index < -0.39 is 5.92 Å². The second-order valence-electron chi connectivity index (χ2n) is 8.25. The van der Waals surface area contributed by atoms with Crippen LogP contribution in [-0.4, -0.2) is 21.6 Å². The SMILES string of the molecule is Cc1ccccc1CSc1nc(=O)c2c(n1C)NC(=O)C[C@H]2c1ccccc1OC(C)C. The van der Waals surface area contributed by atoms with Crippen LogP contribution in [0.25, 0.3) is 0 Å². The third-order valence-electron chi connectivity index (χ3n) is 5.58. The Bertz CT molecular complexity index is 1220. The first-order valence-corrected chi connectivity index (χ1v) is 11.7. The van der Waals surface area contributed by atoms with Crippen molar-refractivity contribution >= 4 is 23.5 Å². The number of rotatable bonds is 6. The van der Waals surface area contributed by atoms with E-state index >= 15 is 0 Å². The fourth-order valence-corrected chi connectivity index (χ4v) is 5.01. The molecule has 0 aliphatic carbocycles. The molecule has 2 aromatic carbocycles. The number of fused-ring (bicyclic) bond motifs is 1. The highest BCUT2D eigenvalue weighted by Crippen LogP contribution is 2.40. The van der Waals surface area contributed by atoms with Gasteiger partial charge >= 0.3 is 0 Å². The Morgan fingerprint density at radius 3 is 2.62 bits per heavy atom. The maximum Gasteiger partial charge on any atom is 0.279 e. The van der Waals surface area contributed by atoms with Crippen molar-refractivity contribution in [1.29, 1.82) is 0 Å².